The van der Waals surface area contributed by atoms with E-state index in [0.717, 1.165) is 10.9 Å². The van der Waals surface area contributed by atoms with Crippen molar-refractivity contribution in [2.24, 2.45) is 5.92 Å². The third-order valence-electron chi connectivity index (χ3n) is 6.88. The van der Waals surface area contributed by atoms with Crippen LogP contribution in [0.15, 0.2) is 66.9 Å². The molecule has 0 radical (unpaired) electrons. The molecule has 1 unspecified atom stereocenters. The molecule has 0 bridgehead atoms. The molecule has 1 saturated heterocycles. The van der Waals surface area contributed by atoms with Gasteiger partial charge in [0.15, 0.2) is 0 Å². The maximum absolute atomic E-state index is 13.8. The Hall–Kier alpha value is -4.60. The normalized spacial score (nSPS) is 18.1. The molecular weight excluding hydrogens is 500 g/mol. The number of rotatable bonds is 10. The van der Waals surface area contributed by atoms with Crippen LogP contribution in [0.1, 0.15) is 42.2 Å². The molecule has 4 atom stereocenters. The fourth-order valence-electron chi connectivity index (χ4n) is 4.84. The predicted molar refractivity (Wildman–Crippen MR) is 143 cm³/mol. The van der Waals surface area contributed by atoms with Crippen LogP contribution in [0.3, 0.4) is 0 Å². The molecule has 1 aliphatic heterocycles. The molecule has 3 N–H and O–H groups in total. The van der Waals surface area contributed by atoms with E-state index in [1.54, 1.807) is 32.0 Å². The van der Waals surface area contributed by atoms with Crippen molar-refractivity contribution in [1.82, 2.24) is 20.5 Å². The SMILES string of the molecule is CC(C)[C@H](NC(=O)c1nccc2ccccc12)C(=O)N1CC(c2ccccc2)[C@H]1C(=O)N[C@H](C=O)CC(=O)O. The quantitative estimate of drug-likeness (QED) is 0.341. The number of hydrogen-bond donors (Lipinski definition) is 3. The van der Waals surface area contributed by atoms with Crippen molar-refractivity contribution < 1.29 is 29.1 Å². The number of nitrogens with one attached hydrogen (secondary N) is 2. The number of carbonyl (C=O) groups excluding carboxylic acids is 4. The van der Waals surface area contributed by atoms with Gasteiger partial charge < -0.3 is 25.4 Å². The van der Waals surface area contributed by atoms with Crippen LogP contribution < -0.4 is 10.6 Å². The fourth-order valence-corrected chi connectivity index (χ4v) is 4.84. The van der Waals surface area contributed by atoms with E-state index in [-0.39, 0.29) is 24.1 Å². The molecule has 202 valence electrons. The van der Waals surface area contributed by atoms with Crippen LogP contribution in [0.25, 0.3) is 10.8 Å². The Morgan fingerprint density at radius 2 is 1.72 bits per heavy atom. The molecule has 3 aromatic rings. The number of aromatic nitrogens is 1. The first kappa shape index (κ1) is 27.4. The molecule has 0 aliphatic carbocycles. The molecular formula is C29H30N4O6. The van der Waals surface area contributed by atoms with Gasteiger partial charge in [-0.2, -0.15) is 0 Å². The monoisotopic (exact) mass is 530 g/mol. The van der Waals surface area contributed by atoms with Crippen molar-refractivity contribution in [3.05, 3.63) is 78.1 Å². The Balaban J connectivity index is 1.58. The number of amides is 3. The summed E-state index contributed by atoms with van der Waals surface area (Å²) >= 11 is 0. The topological polar surface area (TPSA) is 146 Å². The van der Waals surface area contributed by atoms with Crippen LogP contribution in [0.4, 0.5) is 0 Å². The Bertz CT molecular complexity index is 1390. The van der Waals surface area contributed by atoms with E-state index < -0.39 is 48.2 Å². The average molecular weight is 531 g/mol. The summed E-state index contributed by atoms with van der Waals surface area (Å²) in [4.78, 5) is 68.5. The summed E-state index contributed by atoms with van der Waals surface area (Å²) in [6.07, 6.45) is 1.32. The Labute approximate surface area is 225 Å². The number of likely N-dealkylation sites (tertiary alicyclic amines) is 1. The van der Waals surface area contributed by atoms with Crippen LogP contribution in [-0.2, 0) is 19.2 Å². The number of nitrogens with zero attached hydrogens (tertiary/aromatic N) is 2. The number of benzene rings is 2. The van der Waals surface area contributed by atoms with E-state index in [0.29, 0.717) is 11.7 Å². The Morgan fingerprint density at radius 3 is 2.38 bits per heavy atom. The number of carbonyl (C=O) groups is 5. The van der Waals surface area contributed by atoms with Gasteiger partial charge in [-0.1, -0.05) is 68.4 Å². The number of carboxylic acids is 1. The molecule has 1 fully saturated rings. The summed E-state index contributed by atoms with van der Waals surface area (Å²) in [5.41, 5.74) is 1.02. The second-order valence-corrected chi connectivity index (χ2v) is 9.88. The van der Waals surface area contributed by atoms with Gasteiger partial charge in [0.1, 0.15) is 24.1 Å². The minimum Gasteiger partial charge on any atom is -0.481 e. The second kappa shape index (κ2) is 11.8. The Kier molecular flexibility index (Phi) is 8.33. The molecule has 2 heterocycles. The summed E-state index contributed by atoms with van der Waals surface area (Å²) in [5, 5.41) is 15.8. The highest BCUT2D eigenvalue weighted by Gasteiger charge is 2.49. The zero-order chi connectivity index (χ0) is 28.1. The van der Waals surface area contributed by atoms with E-state index in [2.05, 4.69) is 15.6 Å². The molecule has 0 saturated carbocycles. The van der Waals surface area contributed by atoms with Crippen molar-refractivity contribution in [3.63, 3.8) is 0 Å². The predicted octanol–water partition coefficient (Wildman–Crippen LogP) is 2.14. The van der Waals surface area contributed by atoms with Crippen molar-refractivity contribution in [3.8, 4) is 0 Å². The van der Waals surface area contributed by atoms with Crippen LogP contribution in [0.2, 0.25) is 0 Å². The smallest absolute Gasteiger partial charge is 0.305 e. The molecule has 3 amide bonds. The zero-order valence-corrected chi connectivity index (χ0v) is 21.6. The molecule has 4 rings (SSSR count). The molecule has 10 heteroatoms. The van der Waals surface area contributed by atoms with Gasteiger partial charge in [0, 0.05) is 24.0 Å². The Morgan fingerprint density at radius 1 is 1.03 bits per heavy atom. The highest BCUT2D eigenvalue weighted by Crippen LogP contribution is 2.35. The summed E-state index contributed by atoms with van der Waals surface area (Å²) in [7, 11) is 0. The molecule has 0 spiro atoms. The van der Waals surface area contributed by atoms with E-state index in [1.165, 1.54) is 11.1 Å². The van der Waals surface area contributed by atoms with Gasteiger partial charge in [0.25, 0.3) is 5.91 Å². The second-order valence-electron chi connectivity index (χ2n) is 9.88. The van der Waals surface area contributed by atoms with Crippen molar-refractivity contribution in [2.45, 2.75) is 44.3 Å². The number of hydrogen-bond acceptors (Lipinski definition) is 6. The van der Waals surface area contributed by atoms with Crippen LogP contribution in [0.5, 0.6) is 0 Å². The molecule has 1 aromatic heterocycles. The summed E-state index contributed by atoms with van der Waals surface area (Å²) in [6, 6.07) is 15.1. The average Bonchev–Trinajstić information content (AvgIpc) is 2.90. The third-order valence-corrected chi connectivity index (χ3v) is 6.88. The van der Waals surface area contributed by atoms with E-state index in [9.17, 15) is 24.0 Å². The van der Waals surface area contributed by atoms with Crippen molar-refractivity contribution >= 4 is 40.7 Å². The summed E-state index contributed by atoms with van der Waals surface area (Å²) < 4.78 is 0. The van der Waals surface area contributed by atoms with Crippen LogP contribution in [-0.4, -0.2) is 69.6 Å². The zero-order valence-electron chi connectivity index (χ0n) is 21.6. The van der Waals surface area contributed by atoms with Gasteiger partial charge in [-0.05, 0) is 22.9 Å². The summed E-state index contributed by atoms with van der Waals surface area (Å²) in [6.45, 7) is 3.80. The van der Waals surface area contributed by atoms with Gasteiger partial charge in [-0.15, -0.1) is 0 Å². The lowest BCUT2D eigenvalue weighted by molar-refractivity contribution is -0.152. The van der Waals surface area contributed by atoms with Gasteiger partial charge in [-0.25, -0.2) is 0 Å². The van der Waals surface area contributed by atoms with Gasteiger partial charge in [0.2, 0.25) is 11.8 Å². The number of fused-ring (bicyclic) bond motifs is 1. The maximum Gasteiger partial charge on any atom is 0.305 e. The highest BCUT2D eigenvalue weighted by molar-refractivity contribution is 6.06. The number of carboxylic acid groups (broad SMARTS) is 1. The first-order valence-corrected chi connectivity index (χ1v) is 12.7. The first-order chi connectivity index (χ1) is 18.7. The first-order valence-electron chi connectivity index (χ1n) is 12.7. The number of aliphatic carboxylic acids is 1. The maximum atomic E-state index is 13.8. The minimum absolute atomic E-state index is 0.189. The standard InChI is InChI=1S/C29H30N4O6/c1-17(2)24(32-27(37)25-21-11-7-6-10-19(21)12-13-30-25)29(39)33-15-22(18-8-4-3-5-9-18)26(33)28(38)31-20(16-34)14-23(35)36/h3-13,16-17,20,22,24,26H,14-15H2,1-2H3,(H,31,38)(H,32,37)(H,35,36)/t20-,22?,24-,26-/m0/s1. The van der Waals surface area contributed by atoms with Gasteiger partial charge >= 0.3 is 5.97 Å². The van der Waals surface area contributed by atoms with Gasteiger partial charge in [-0.3, -0.25) is 24.2 Å². The fraction of sp³-hybridized carbons (Fsp3) is 0.310. The molecule has 10 nitrogen and oxygen atoms in total. The molecule has 1 aliphatic rings. The van der Waals surface area contributed by atoms with E-state index in [4.69, 9.17) is 5.11 Å². The lowest BCUT2D eigenvalue weighted by atomic mass is 9.80. The van der Waals surface area contributed by atoms with E-state index in [1.807, 2.05) is 42.5 Å². The number of aldehydes is 1. The third kappa shape index (κ3) is 5.95. The van der Waals surface area contributed by atoms with Gasteiger partial charge in [0.05, 0.1) is 12.5 Å². The molecule has 2 aromatic carbocycles. The lowest BCUT2D eigenvalue weighted by Gasteiger charge is -2.49. The van der Waals surface area contributed by atoms with Crippen LogP contribution >= 0.6 is 0 Å². The lowest BCUT2D eigenvalue weighted by Crippen LogP contribution is -2.67. The highest BCUT2D eigenvalue weighted by atomic mass is 16.4. The van der Waals surface area contributed by atoms with Crippen molar-refractivity contribution in [2.75, 3.05) is 6.54 Å². The number of pyridine rings is 1. The largest absolute Gasteiger partial charge is 0.481 e. The van der Waals surface area contributed by atoms with Crippen molar-refractivity contribution in [1.29, 1.82) is 0 Å². The molecule has 39 heavy (non-hydrogen) atoms. The van der Waals surface area contributed by atoms with E-state index >= 15 is 0 Å². The summed E-state index contributed by atoms with van der Waals surface area (Å²) in [5.74, 6) is -3.51. The minimum atomic E-state index is -1.24. The van der Waals surface area contributed by atoms with Crippen LogP contribution in [0, 0.1) is 5.92 Å².